The second kappa shape index (κ2) is 7.77. The van der Waals surface area contributed by atoms with E-state index < -0.39 is 11.7 Å². The average molecular weight is 341 g/mol. The van der Waals surface area contributed by atoms with Crippen molar-refractivity contribution in [3.05, 3.63) is 63.9 Å². The van der Waals surface area contributed by atoms with Gasteiger partial charge in [-0.25, -0.2) is 9.82 Å². The quantitative estimate of drug-likeness (QED) is 0.667. The van der Waals surface area contributed by atoms with E-state index in [1.165, 1.54) is 18.2 Å². The molecule has 0 spiro atoms. The van der Waals surface area contributed by atoms with Crippen molar-refractivity contribution in [2.45, 2.75) is 0 Å². The van der Waals surface area contributed by atoms with E-state index in [0.29, 0.717) is 10.8 Å². The lowest BCUT2D eigenvalue weighted by Gasteiger charge is -2.05. The molecule has 0 aliphatic carbocycles. The molecule has 7 heteroatoms. The maximum Gasteiger partial charge on any atom is 0.277 e. The van der Waals surface area contributed by atoms with Gasteiger partial charge >= 0.3 is 0 Å². The third-order valence-electron chi connectivity index (χ3n) is 2.55. The Morgan fingerprint density at radius 1 is 1.27 bits per heavy atom. The summed E-state index contributed by atoms with van der Waals surface area (Å²) < 4.78 is 18.7. The monoisotopic (exact) mass is 340 g/mol. The number of benzene rings is 2. The zero-order valence-electron chi connectivity index (χ0n) is 11.2. The lowest BCUT2D eigenvalue weighted by molar-refractivity contribution is -0.123. The van der Waals surface area contributed by atoms with E-state index in [2.05, 4.69) is 10.5 Å². The van der Waals surface area contributed by atoms with E-state index in [1.54, 1.807) is 24.3 Å². The first kappa shape index (κ1) is 16.3. The van der Waals surface area contributed by atoms with Crippen LogP contribution in [0, 0.1) is 5.82 Å². The fourth-order valence-corrected chi connectivity index (χ4v) is 1.93. The van der Waals surface area contributed by atoms with Gasteiger partial charge in [-0.15, -0.1) is 0 Å². The third kappa shape index (κ3) is 4.72. The van der Waals surface area contributed by atoms with Gasteiger partial charge in [-0.2, -0.15) is 5.10 Å². The van der Waals surface area contributed by atoms with Crippen LogP contribution >= 0.6 is 23.2 Å². The van der Waals surface area contributed by atoms with Crippen LogP contribution in [0.4, 0.5) is 4.39 Å². The fourth-order valence-electron chi connectivity index (χ4n) is 1.54. The van der Waals surface area contributed by atoms with Crippen LogP contribution in [0.25, 0.3) is 0 Å². The minimum Gasteiger partial charge on any atom is -0.484 e. The molecule has 0 aliphatic heterocycles. The second-order valence-corrected chi connectivity index (χ2v) is 5.02. The Hall–Kier alpha value is -2.11. The van der Waals surface area contributed by atoms with Crippen LogP contribution in [0.3, 0.4) is 0 Å². The van der Waals surface area contributed by atoms with Crippen molar-refractivity contribution in [2.24, 2.45) is 5.10 Å². The van der Waals surface area contributed by atoms with Crippen LogP contribution in [-0.2, 0) is 4.79 Å². The summed E-state index contributed by atoms with van der Waals surface area (Å²) in [5.41, 5.74) is 2.32. The predicted molar refractivity (Wildman–Crippen MR) is 84.1 cm³/mol. The highest BCUT2D eigenvalue weighted by Gasteiger charge is 2.05. The van der Waals surface area contributed by atoms with Crippen LogP contribution in [0.5, 0.6) is 5.75 Å². The maximum absolute atomic E-state index is 13.5. The molecule has 1 amide bonds. The van der Waals surface area contributed by atoms with E-state index in [0.717, 1.165) is 6.21 Å². The van der Waals surface area contributed by atoms with E-state index in [1.807, 2.05) is 0 Å². The Labute approximate surface area is 136 Å². The van der Waals surface area contributed by atoms with Gasteiger partial charge in [-0.1, -0.05) is 35.3 Å². The third-order valence-corrected chi connectivity index (χ3v) is 3.11. The molecule has 0 saturated heterocycles. The van der Waals surface area contributed by atoms with Crippen molar-refractivity contribution in [3.8, 4) is 5.75 Å². The Kier molecular flexibility index (Phi) is 5.75. The second-order valence-electron chi connectivity index (χ2n) is 4.17. The Morgan fingerprint density at radius 2 is 2.05 bits per heavy atom. The first-order chi connectivity index (χ1) is 10.6. The maximum atomic E-state index is 13.5. The average Bonchev–Trinajstić information content (AvgIpc) is 2.48. The Morgan fingerprint density at radius 3 is 2.77 bits per heavy atom. The van der Waals surface area contributed by atoms with Crippen LogP contribution in [0.2, 0.25) is 10.0 Å². The van der Waals surface area contributed by atoms with Gasteiger partial charge in [0.1, 0.15) is 11.6 Å². The molecular weight excluding hydrogens is 330 g/mol. The van der Waals surface area contributed by atoms with Crippen LogP contribution in [0.1, 0.15) is 5.56 Å². The summed E-state index contributed by atoms with van der Waals surface area (Å²) in [4.78, 5) is 11.6. The highest BCUT2D eigenvalue weighted by Crippen LogP contribution is 2.17. The zero-order chi connectivity index (χ0) is 15.9. The lowest BCUT2D eigenvalue weighted by atomic mass is 10.2. The summed E-state index contributed by atoms with van der Waals surface area (Å²) in [6, 6.07) is 10.9. The van der Waals surface area contributed by atoms with Gasteiger partial charge in [0.05, 0.1) is 11.2 Å². The van der Waals surface area contributed by atoms with Crippen molar-refractivity contribution in [1.29, 1.82) is 0 Å². The fraction of sp³-hybridized carbons (Fsp3) is 0.0667. The van der Waals surface area contributed by atoms with E-state index in [9.17, 15) is 9.18 Å². The smallest absolute Gasteiger partial charge is 0.277 e. The standard InChI is InChI=1S/C15H11Cl2FN2O2/c16-10-3-1-4-11(7-10)22-9-15(21)20-19-8-12-13(17)5-2-6-14(12)18/h1-8H,9H2,(H,20,21)/b19-8+. The minimum absolute atomic E-state index is 0.0974. The molecule has 22 heavy (non-hydrogen) atoms. The van der Waals surface area contributed by atoms with Crippen molar-refractivity contribution in [3.63, 3.8) is 0 Å². The molecule has 0 fully saturated rings. The van der Waals surface area contributed by atoms with Gasteiger partial charge in [-0.05, 0) is 30.3 Å². The molecule has 0 aromatic heterocycles. The van der Waals surface area contributed by atoms with Gasteiger partial charge in [0.25, 0.3) is 5.91 Å². The lowest BCUT2D eigenvalue weighted by Crippen LogP contribution is -2.24. The molecule has 1 N–H and O–H groups in total. The van der Waals surface area contributed by atoms with Gasteiger partial charge in [0, 0.05) is 10.6 Å². The number of ether oxygens (including phenoxy) is 1. The predicted octanol–water partition coefficient (Wildman–Crippen LogP) is 3.66. The molecule has 0 radical (unpaired) electrons. The summed E-state index contributed by atoms with van der Waals surface area (Å²) in [5.74, 6) is -0.562. The number of carbonyl (C=O) groups is 1. The zero-order valence-corrected chi connectivity index (χ0v) is 12.7. The van der Waals surface area contributed by atoms with E-state index >= 15 is 0 Å². The number of amides is 1. The molecule has 0 atom stereocenters. The summed E-state index contributed by atoms with van der Waals surface area (Å²) >= 11 is 11.6. The molecule has 0 heterocycles. The number of nitrogens with one attached hydrogen (secondary N) is 1. The number of rotatable bonds is 5. The molecule has 114 valence electrons. The number of hydrogen-bond donors (Lipinski definition) is 1. The van der Waals surface area contributed by atoms with Crippen molar-refractivity contribution in [2.75, 3.05) is 6.61 Å². The van der Waals surface area contributed by atoms with Gasteiger partial charge in [0.2, 0.25) is 0 Å². The Balaban J connectivity index is 1.86. The summed E-state index contributed by atoms with van der Waals surface area (Å²) in [7, 11) is 0. The normalized spacial score (nSPS) is 10.7. The molecule has 0 aliphatic rings. The summed E-state index contributed by atoms with van der Waals surface area (Å²) in [6.45, 7) is -0.247. The number of nitrogens with zero attached hydrogens (tertiary/aromatic N) is 1. The van der Waals surface area contributed by atoms with Crippen LogP contribution in [0.15, 0.2) is 47.6 Å². The first-order valence-electron chi connectivity index (χ1n) is 6.20. The van der Waals surface area contributed by atoms with Crippen molar-refractivity contribution in [1.82, 2.24) is 5.43 Å². The Bertz CT molecular complexity index is 687. The number of hydrazone groups is 1. The highest BCUT2D eigenvalue weighted by molar-refractivity contribution is 6.33. The highest BCUT2D eigenvalue weighted by atomic mass is 35.5. The van der Waals surface area contributed by atoms with Gasteiger partial charge in [0.15, 0.2) is 6.61 Å². The van der Waals surface area contributed by atoms with Crippen molar-refractivity contribution < 1.29 is 13.9 Å². The molecule has 4 nitrogen and oxygen atoms in total. The topological polar surface area (TPSA) is 50.7 Å². The van der Waals surface area contributed by atoms with Crippen LogP contribution < -0.4 is 10.2 Å². The van der Waals surface area contributed by atoms with Crippen LogP contribution in [-0.4, -0.2) is 18.7 Å². The number of hydrogen-bond acceptors (Lipinski definition) is 3. The molecule has 2 rings (SSSR count). The number of halogens is 3. The minimum atomic E-state index is -0.527. The van der Waals surface area contributed by atoms with Crippen molar-refractivity contribution >= 4 is 35.3 Å². The van der Waals surface area contributed by atoms with Gasteiger partial charge < -0.3 is 4.74 Å². The molecule has 0 bridgehead atoms. The molecule has 2 aromatic rings. The summed E-state index contributed by atoms with van der Waals surface area (Å²) in [6.07, 6.45) is 1.13. The summed E-state index contributed by atoms with van der Waals surface area (Å²) in [5, 5.41) is 4.34. The molecule has 0 unspecified atom stereocenters. The molecule has 0 saturated carbocycles. The van der Waals surface area contributed by atoms with Gasteiger partial charge in [-0.3, -0.25) is 4.79 Å². The SMILES string of the molecule is O=C(COc1cccc(Cl)c1)N/N=C/c1c(F)cccc1Cl. The molecule has 2 aromatic carbocycles. The number of carbonyl (C=O) groups excluding carboxylic acids is 1. The first-order valence-corrected chi connectivity index (χ1v) is 6.96. The molecular formula is C15H11Cl2FN2O2. The largest absolute Gasteiger partial charge is 0.484 e. The van der Waals surface area contributed by atoms with E-state index in [-0.39, 0.29) is 17.2 Å². The van der Waals surface area contributed by atoms with E-state index in [4.69, 9.17) is 27.9 Å².